The molecule has 0 amide bonds. The largest absolute Gasteiger partial charge is 1.00 e. The molecule has 0 aliphatic heterocycles. The van der Waals surface area contributed by atoms with Crippen molar-refractivity contribution in [3.05, 3.63) is 56.7 Å². The Balaban J connectivity index is 0.00000261. The third kappa shape index (κ3) is 4.21. The second-order valence-electron chi connectivity index (χ2n) is 5.97. The van der Waals surface area contributed by atoms with Gasteiger partial charge in [-0.3, -0.25) is 14.9 Å². The van der Waals surface area contributed by atoms with Gasteiger partial charge in [-0.15, -0.1) is 11.3 Å². The lowest BCUT2D eigenvalue weighted by atomic mass is 10.1. The van der Waals surface area contributed by atoms with E-state index in [9.17, 15) is 14.9 Å². The minimum atomic E-state index is -0.424. The summed E-state index contributed by atoms with van der Waals surface area (Å²) in [5.74, 6) is 0. The summed E-state index contributed by atoms with van der Waals surface area (Å²) in [6.45, 7) is 7.64. The van der Waals surface area contributed by atoms with Crippen LogP contribution in [-0.4, -0.2) is 36.0 Å². The molecule has 8 heteroatoms. The molecule has 27 heavy (non-hydrogen) atoms. The van der Waals surface area contributed by atoms with E-state index in [1.807, 2.05) is 18.2 Å². The first-order valence-corrected chi connectivity index (χ1v) is 9.47. The van der Waals surface area contributed by atoms with Gasteiger partial charge in [0, 0.05) is 34.9 Å². The normalized spacial score (nSPS) is 10.9. The van der Waals surface area contributed by atoms with E-state index in [4.69, 9.17) is 0 Å². The molecular weight excluding hydrogens is 386 g/mol. The SMILES string of the molecule is CCN(CC)CCNc1ccc([N+](=O)[O-])c2sc3ccccc3c(=O)c12.[Cl-]. The molecule has 0 radical (unpaired) electrons. The van der Waals surface area contributed by atoms with Gasteiger partial charge in [-0.2, -0.15) is 0 Å². The molecule has 0 atom stereocenters. The zero-order chi connectivity index (χ0) is 18.7. The van der Waals surface area contributed by atoms with Crippen LogP contribution in [0.25, 0.3) is 20.2 Å². The van der Waals surface area contributed by atoms with Crippen LogP contribution < -0.4 is 23.2 Å². The fourth-order valence-corrected chi connectivity index (χ4v) is 4.26. The molecule has 0 bridgehead atoms. The summed E-state index contributed by atoms with van der Waals surface area (Å²) in [5.41, 5.74) is 0.468. The minimum Gasteiger partial charge on any atom is -1.00 e. The number of fused-ring (bicyclic) bond motifs is 2. The van der Waals surface area contributed by atoms with Gasteiger partial charge in [0.2, 0.25) is 0 Å². The number of benzene rings is 2. The number of hydrogen-bond acceptors (Lipinski definition) is 6. The van der Waals surface area contributed by atoms with E-state index >= 15 is 0 Å². The van der Waals surface area contributed by atoms with Gasteiger partial charge >= 0.3 is 0 Å². The van der Waals surface area contributed by atoms with Gasteiger partial charge in [0.05, 0.1) is 10.3 Å². The maximum Gasteiger partial charge on any atom is 0.287 e. The highest BCUT2D eigenvalue weighted by atomic mass is 35.5. The highest BCUT2D eigenvalue weighted by Crippen LogP contribution is 2.35. The van der Waals surface area contributed by atoms with Gasteiger partial charge < -0.3 is 22.6 Å². The number of rotatable bonds is 7. The molecule has 6 nitrogen and oxygen atoms in total. The number of nitro benzene ring substituents is 1. The summed E-state index contributed by atoms with van der Waals surface area (Å²) in [6, 6.07) is 10.4. The lowest BCUT2D eigenvalue weighted by molar-refractivity contribution is -0.382. The van der Waals surface area contributed by atoms with Crippen LogP contribution >= 0.6 is 11.3 Å². The first-order valence-electron chi connectivity index (χ1n) is 8.66. The second kappa shape index (κ2) is 9.12. The molecular formula is C19H21ClN3O3S-. The summed E-state index contributed by atoms with van der Waals surface area (Å²) in [7, 11) is 0. The topological polar surface area (TPSA) is 75.5 Å². The maximum atomic E-state index is 13.0. The van der Waals surface area contributed by atoms with Gasteiger partial charge in [-0.05, 0) is 31.3 Å². The second-order valence-corrected chi connectivity index (χ2v) is 7.03. The van der Waals surface area contributed by atoms with Crippen LogP contribution in [-0.2, 0) is 0 Å². The molecule has 1 aromatic heterocycles. The van der Waals surface area contributed by atoms with E-state index in [0.717, 1.165) is 24.3 Å². The molecule has 0 aliphatic carbocycles. The van der Waals surface area contributed by atoms with Crippen LogP contribution in [0.4, 0.5) is 11.4 Å². The van der Waals surface area contributed by atoms with E-state index < -0.39 is 4.92 Å². The summed E-state index contributed by atoms with van der Waals surface area (Å²) < 4.78 is 1.18. The highest BCUT2D eigenvalue weighted by molar-refractivity contribution is 7.25. The van der Waals surface area contributed by atoms with Crippen LogP contribution in [0.3, 0.4) is 0 Å². The van der Waals surface area contributed by atoms with Crippen LogP contribution in [0.2, 0.25) is 0 Å². The lowest BCUT2D eigenvalue weighted by Gasteiger charge is -2.18. The molecule has 0 unspecified atom stereocenters. The molecule has 144 valence electrons. The summed E-state index contributed by atoms with van der Waals surface area (Å²) in [6.07, 6.45) is 0. The van der Waals surface area contributed by atoms with Crippen molar-refractivity contribution in [1.82, 2.24) is 4.90 Å². The van der Waals surface area contributed by atoms with Crippen molar-refractivity contribution in [3.8, 4) is 0 Å². The average molecular weight is 407 g/mol. The summed E-state index contributed by atoms with van der Waals surface area (Å²) >= 11 is 1.29. The fourth-order valence-electron chi connectivity index (χ4n) is 3.07. The molecule has 0 saturated carbocycles. The molecule has 0 spiro atoms. The Morgan fingerprint density at radius 3 is 2.52 bits per heavy atom. The van der Waals surface area contributed by atoms with Crippen molar-refractivity contribution in [2.75, 3.05) is 31.5 Å². The smallest absolute Gasteiger partial charge is 0.287 e. The monoisotopic (exact) mass is 406 g/mol. The molecule has 0 fully saturated rings. The van der Waals surface area contributed by atoms with Crippen LogP contribution in [0.1, 0.15) is 13.8 Å². The molecule has 0 saturated heterocycles. The number of hydrogen-bond donors (Lipinski definition) is 1. The predicted octanol–water partition coefficient (Wildman–Crippen LogP) is 1.08. The molecule has 1 heterocycles. The number of halogens is 1. The van der Waals surface area contributed by atoms with Gasteiger partial charge in [0.1, 0.15) is 4.70 Å². The van der Waals surface area contributed by atoms with Gasteiger partial charge in [-0.1, -0.05) is 26.0 Å². The first kappa shape index (κ1) is 21.1. The maximum absolute atomic E-state index is 13.0. The molecule has 3 aromatic rings. The zero-order valence-corrected chi connectivity index (χ0v) is 16.8. The standard InChI is InChI=1S/C19H21N3O3S.ClH/c1-3-21(4-2)12-11-20-14-9-10-15(22(24)25)19-17(14)18(23)13-7-5-6-8-16(13)26-19;/h5-10,20H,3-4,11-12H2,1-2H3;1H/p-1. The molecule has 1 N–H and O–H groups in total. The van der Waals surface area contributed by atoms with Gasteiger partial charge in [-0.25, -0.2) is 0 Å². The Hall–Kier alpha value is -2.22. The number of nitrogens with zero attached hydrogens (tertiary/aromatic N) is 2. The predicted molar refractivity (Wildman–Crippen MR) is 109 cm³/mol. The third-order valence-electron chi connectivity index (χ3n) is 4.54. The van der Waals surface area contributed by atoms with E-state index in [-0.39, 0.29) is 23.5 Å². The number of anilines is 1. The fraction of sp³-hybridized carbons (Fsp3) is 0.316. The Kier molecular flexibility index (Phi) is 7.12. The summed E-state index contributed by atoms with van der Waals surface area (Å²) in [5, 5.41) is 15.7. The van der Waals surface area contributed by atoms with E-state index in [1.54, 1.807) is 12.1 Å². The zero-order valence-electron chi connectivity index (χ0n) is 15.2. The van der Waals surface area contributed by atoms with Gasteiger partial charge in [0.25, 0.3) is 5.69 Å². The average Bonchev–Trinajstić information content (AvgIpc) is 2.65. The number of nitro groups is 1. The van der Waals surface area contributed by atoms with Crippen molar-refractivity contribution < 1.29 is 17.3 Å². The Morgan fingerprint density at radius 2 is 1.85 bits per heavy atom. The van der Waals surface area contributed by atoms with Crippen molar-refractivity contribution in [1.29, 1.82) is 0 Å². The Labute approximate surface area is 167 Å². The first-order chi connectivity index (χ1) is 12.6. The quantitative estimate of drug-likeness (QED) is 0.361. The van der Waals surface area contributed by atoms with Crippen molar-refractivity contribution in [3.63, 3.8) is 0 Å². The van der Waals surface area contributed by atoms with E-state index in [2.05, 4.69) is 24.1 Å². The molecule has 0 aliphatic rings. The Morgan fingerprint density at radius 1 is 1.15 bits per heavy atom. The van der Waals surface area contributed by atoms with Crippen LogP contribution in [0, 0.1) is 10.1 Å². The minimum absolute atomic E-state index is 0. The Bertz CT molecular complexity index is 1020. The van der Waals surface area contributed by atoms with Gasteiger partial charge in [0.15, 0.2) is 5.43 Å². The molecule has 3 rings (SSSR count). The molecule has 2 aromatic carbocycles. The number of likely N-dealkylation sites (N-methyl/N-ethyl adjacent to an activating group) is 1. The van der Waals surface area contributed by atoms with Crippen molar-refractivity contribution in [2.45, 2.75) is 13.8 Å². The van der Waals surface area contributed by atoms with Crippen molar-refractivity contribution in [2.24, 2.45) is 0 Å². The van der Waals surface area contributed by atoms with Crippen LogP contribution in [0.15, 0.2) is 41.2 Å². The third-order valence-corrected chi connectivity index (χ3v) is 5.74. The highest BCUT2D eigenvalue weighted by Gasteiger charge is 2.19. The van der Waals surface area contributed by atoms with E-state index in [1.165, 1.54) is 17.4 Å². The van der Waals surface area contributed by atoms with E-state index in [0.29, 0.717) is 27.7 Å². The summed E-state index contributed by atoms with van der Waals surface area (Å²) in [4.78, 5) is 26.3. The number of non-ortho nitro benzene ring substituents is 1. The number of nitrogens with one attached hydrogen (secondary N) is 1. The lowest BCUT2D eigenvalue weighted by Crippen LogP contribution is -3.00. The van der Waals surface area contributed by atoms with Crippen molar-refractivity contribution >= 4 is 42.9 Å². The van der Waals surface area contributed by atoms with Crippen LogP contribution in [0.5, 0.6) is 0 Å².